The summed E-state index contributed by atoms with van der Waals surface area (Å²) in [6.45, 7) is 1.14. The molecular weight excluding hydrogens is 374 g/mol. The Morgan fingerprint density at radius 3 is 2.21 bits per heavy atom. The Morgan fingerprint density at radius 2 is 1.62 bits per heavy atom. The quantitative estimate of drug-likeness (QED) is 0.603. The fraction of sp³-hybridized carbons (Fsp3) is 0.591. The molecular formula is C22H25NO6. The molecule has 0 radical (unpaired) electrons. The van der Waals surface area contributed by atoms with E-state index in [-0.39, 0.29) is 25.2 Å². The van der Waals surface area contributed by atoms with Crippen LogP contribution in [0.15, 0.2) is 12.1 Å². The summed E-state index contributed by atoms with van der Waals surface area (Å²) in [5, 5.41) is 2.68. The Balaban J connectivity index is 1.24. The zero-order chi connectivity index (χ0) is 20.2. The van der Waals surface area contributed by atoms with Crippen molar-refractivity contribution < 1.29 is 28.6 Å². The van der Waals surface area contributed by atoms with Crippen LogP contribution in [0.3, 0.4) is 0 Å². The number of hydrogen-bond donors (Lipinski definition) is 1. The van der Waals surface area contributed by atoms with Crippen LogP contribution in [0, 0.1) is 23.2 Å². The lowest BCUT2D eigenvalue weighted by Gasteiger charge is -2.55. The Morgan fingerprint density at radius 1 is 1.03 bits per heavy atom. The van der Waals surface area contributed by atoms with Crippen LogP contribution in [-0.4, -0.2) is 31.1 Å². The number of Topliss-reactive ketones (excluding diaryl/α,β-unsaturated/α-hetero) is 1. The van der Waals surface area contributed by atoms with E-state index in [4.69, 9.17) is 14.2 Å². The van der Waals surface area contributed by atoms with E-state index < -0.39 is 11.3 Å². The number of anilines is 1. The van der Waals surface area contributed by atoms with Crippen LogP contribution in [0.4, 0.5) is 5.69 Å². The van der Waals surface area contributed by atoms with Crippen LogP contribution in [0.25, 0.3) is 0 Å². The van der Waals surface area contributed by atoms with Crippen molar-refractivity contribution in [1.82, 2.24) is 0 Å². The van der Waals surface area contributed by atoms with E-state index in [1.165, 1.54) is 26.2 Å². The first-order valence-electron chi connectivity index (χ1n) is 10.3. The first kappa shape index (κ1) is 18.5. The van der Waals surface area contributed by atoms with Gasteiger partial charge in [0.25, 0.3) is 5.91 Å². The van der Waals surface area contributed by atoms with Crippen LogP contribution in [0.5, 0.6) is 11.5 Å². The van der Waals surface area contributed by atoms with Gasteiger partial charge in [0.1, 0.15) is 0 Å². The van der Waals surface area contributed by atoms with E-state index in [0.717, 1.165) is 19.3 Å². The third-order valence-electron chi connectivity index (χ3n) is 6.97. The number of fused-ring (bicyclic) bond motifs is 1. The Kier molecular flexibility index (Phi) is 4.29. The molecule has 0 unspecified atom stereocenters. The van der Waals surface area contributed by atoms with Gasteiger partial charge in [-0.3, -0.25) is 14.4 Å². The molecule has 1 aliphatic heterocycles. The summed E-state index contributed by atoms with van der Waals surface area (Å²) in [6.07, 6.45) is 6.42. The van der Waals surface area contributed by atoms with E-state index in [9.17, 15) is 14.4 Å². The molecule has 4 bridgehead atoms. The molecule has 1 aromatic carbocycles. The van der Waals surface area contributed by atoms with Crippen molar-refractivity contribution in [2.45, 2.75) is 45.4 Å². The molecule has 4 aliphatic carbocycles. The van der Waals surface area contributed by atoms with Gasteiger partial charge in [-0.25, -0.2) is 0 Å². The molecule has 0 spiro atoms. The second-order valence-electron chi connectivity index (χ2n) is 9.13. The highest BCUT2D eigenvalue weighted by molar-refractivity contribution is 6.05. The highest BCUT2D eigenvalue weighted by Gasteiger charge is 2.55. The maximum Gasteiger partial charge on any atom is 0.312 e. The number of hydrogen-bond acceptors (Lipinski definition) is 6. The molecule has 7 nitrogen and oxygen atoms in total. The molecule has 0 saturated heterocycles. The van der Waals surface area contributed by atoms with Gasteiger partial charge in [0.15, 0.2) is 23.9 Å². The van der Waals surface area contributed by atoms with E-state index in [1.807, 2.05) is 0 Å². The van der Waals surface area contributed by atoms with Gasteiger partial charge in [0.2, 0.25) is 6.79 Å². The third-order valence-corrected chi connectivity index (χ3v) is 6.97. The highest BCUT2D eigenvalue weighted by atomic mass is 16.7. The van der Waals surface area contributed by atoms with Crippen LogP contribution in [0.2, 0.25) is 0 Å². The molecule has 1 aromatic rings. The number of ketones is 1. The topological polar surface area (TPSA) is 90.9 Å². The lowest BCUT2D eigenvalue weighted by atomic mass is 9.49. The monoisotopic (exact) mass is 399 g/mol. The maximum atomic E-state index is 12.9. The summed E-state index contributed by atoms with van der Waals surface area (Å²) in [5.74, 6) is 1.94. The summed E-state index contributed by atoms with van der Waals surface area (Å²) in [6, 6.07) is 3.12. The maximum absolute atomic E-state index is 12.9. The minimum Gasteiger partial charge on any atom is -0.455 e. The second kappa shape index (κ2) is 6.75. The summed E-state index contributed by atoms with van der Waals surface area (Å²) in [4.78, 5) is 37.3. The van der Waals surface area contributed by atoms with Gasteiger partial charge in [-0.15, -0.1) is 0 Å². The fourth-order valence-electron chi connectivity index (χ4n) is 6.17. The molecule has 29 heavy (non-hydrogen) atoms. The van der Waals surface area contributed by atoms with Gasteiger partial charge < -0.3 is 19.5 Å². The Labute approximate surface area is 169 Å². The molecule has 154 valence electrons. The van der Waals surface area contributed by atoms with E-state index in [1.54, 1.807) is 12.1 Å². The predicted octanol–water partition coefficient (Wildman–Crippen LogP) is 3.32. The fourth-order valence-corrected chi connectivity index (χ4v) is 6.17. The molecule has 4 saturated carbocycles. The van der Waals surface area contributed by atoms with Gasteiger partial charge in [-0.1, -0.05) is 0 Å². The molecule has 1 amide bonds. The second-order valence-corrected chi connectivity index (χ2v) is 9.13. The number of esters is 1. The minimum absolute atomic E-state index is 0.0761. The zero-order valence-electron chi connectivity index (χ0n) is 16.5. The lowest BCUT2D eigenvalue weighted by molar-refractivity contribution is -0.172. The average molecular weight is 399 g/mol. The predicted molar refractivity (Wildman–Crippen MR) is 103 cm³/mol. The van der Waals surface area contributed by atoms with Crippen molar-refractivity contribution >= 4 is 23.3 Å². The first-order valence-corrected chi connectivity index (χ1v) is 10.3. The molecule has 4 fully saturated rings. The van der Waals surface area contributed by atoms with Crippen molar-refractivity contribution in [3.05, 3.63) is 17.7 Å². The number of benzene rings is 1. The highest BCUT2D eigenvalue weighted by Crippen LogP contribution is 2.60. The van der Waals surface area contributed by atoms with Crippen molar-refractivity contribution in [1.29, 1.82) is 0 Å². The number of carbonyl (C=O) groups is 3. The van der Waals surface area contributed by atoms with E-state index in [2.05, 4.69) is 5.32 Å². The SMILES string of the molecule is CC(=O)c1cc2c(cc1NC(=O)COC(=O)C13CC4CC(CC(C4)C1)C3)OCO2. The van der Waals surface area contributed by atoms with Crippen molar-refractivity contribution in [3.63, 3.8) is 0 Å². The van der Waals surface area contributed by atoms with Crippen LogP contribution in [0.1, 0.15) is 55.8 Å². The smallest absolute Gasteiger partial charge is 0.312 e. The van der Waals surface area contributed by atoms with Gasteiger partial charge >= 0.3 is 5.97 Å². The number of nitrogens with one attached hydrogen (secondary N) is 1. The number of ether oxygens (including phenoxy) is 3. The van der Waals surface area contributed by atoms with Crippen LogP contribution in [-0.2, 0) is 14.3 Å². The van der Waals surface area contributed by atoms with Crippen molar-refractivity contribution in [3.8, 4) is 11.5 Å². The largest absolute Gasteiger partial charge is 0.455 e. The molecule has 1 heterocycles. The Hall–Kier alpha value is -2.57. The third kappa shape index (κ3) is 3.26. The van der Waals surface area contributed by atoms with Gasteiger partial charge in [0.05, 0.1) is 11.1 Å². The van der Waals surface area contributed by atoms with E-state index in [0.29, 0.717) is 40.5 Å². The molecule has 5 aliphatic rings. The molecule has 7 heteroatoms. The summed E-state index contributed by atoms with van der Waals surface area (Å²) < 4.78 is 16.1. The normalized spacial score (nSPS) is 30.9. The molecule has 1 N–H and O–H groups in total. The average Bonchev–Trinajstić information content (AvgIpc) is 3.11. The number of amides is 1. The van der Waals surface area contributed by atoms with Crippen molar-refractivity contribution in [2.24, 2.45) is 23.2 Å². The zero-order valence-corrected chi connectivity index (χ0v) is 16.5. The van der Waals surface area contributed by atoms with Gasteiger partial charge in [-0.2, -0.15) is 0 Å². The van der Waals surface area contributed by atoms with E-state index >= 15 is 0 Å². The van der Waals surface area contributed by atoms with Crippen molar-refractivity contribution in [2.75, 3.05) is 18.7 Å². The number of rotatable bonds is 5. The standard InChI is InChI=1S/C22H25NO6/c1-12(24)16-5-18-19(29-11-28-18)6-17(16)23-20(25)10-27-21(26)22-7-13-2-14(8-22)4-15(3-13)9-22/h5-6,13-15H,2-4,7-11H2,1H3,(H,23,25). The van der Waals surface area contributed by atoms with Gasteiger partial charge in [0, 0.05) is 11.6 Å². The number of carbonyl (C=O) groups excluding carboxylic acids is 3. The summed E-state index contributed by atoms with van der Waals surface area (Å²) >= 11 is 0. The summed E-state index contributed by atoms with van der Waals surface area (Å²) in [7, 11) is 0. The molecule has 0 aromatic heterocycles. The molecule has 0 atom stereocenters. The minimum atomic E-state index is -0.468. The summed E-state index contributed by atoms with van der Waals surface area (Å²) in [5.41, 5.74) is 0.269. The van der Waals surface area contributed by atoms with Gasteiger partial charge in [-0.05, 0) is 69.3 Å². The molecule has 6 rings (SSSR count). The van der Waals surface area contributed by atoms with Crippen LogP contribution < -0.4 is 14.8 Å². The Bertz CT molecular complexity index is 856. The van der Waals surface area contributed by atoms with Crippen LogP contribution >= 0.6 is 0 Å². The lowest BCUT2D eigenvalue weighted by Crippen LogP contribution is -2.50. The first-order chi connectivity index (χ1) is 13.9.